The van der Waals surface area contributed by atoms with E-state index in [0.29, 0.717) is 0 Å². The van der Waals surface area contributed by atoms with Gasteiger partial charge in [-0.3, -0.25) is 10.1 Å². The fourth-order valence-corrected chi connectivity index (χ4v) is 1.54. The Morgan fingerprint density at radius 2 is 1.95 bits per heavy atom. The molecule has 0 fully saturated rings. The van der Waals surface area contributed by atoms with Gasteiger partial charge in [-0.15, -0.1) is 0 Å². The highest BCUT2D eigenvalue weighted by atomic mass is 19.1. The van der Waals surface area contributed by atoms with Gasteiger partial charge in [-0.2, -0.15) is 0 Å². The van der Waals surface area contributed by atoms with E-state index >= 15 is 0 Å². The summed E-state index contributed by atoms with van der Waals surface area (Å²) in [6.07, 6.45) is 0. The van der Waals surface area contributed by atoms with Gasteiger partial charge in [0, 0.05) is 6.07 Å². The smallest absolute Gasteiger partial charge is 0.335 e. The van der Waals surface area contributed by atoms with Gasteiger partial charge >= 0.3 is 5.97 Å². The highest BCUT2D eigenvalue weighted by molar-refractivity contribution is 5.88. The molecule has 0 spiro atoms. The summed E-state index contributed by atoms with van der Waals surface area (Å²) in [7, 11) is 0. The lowest BCUT2D eigenvalue weighted by molar-refractivity contribution is -0.385. The van der Waals surface area contributed by atoms with Crippen LogP contribution in [0.3, 0.4) is 0 Å². The van der Waals surface area contributed by atoms with Crippen molar-refractivity contribution < 1.29 is 24.0 Å². The van der Waals surface area contributed by atoms with E-state index in [4.69, 9.17) is 9.84 Å². The van der Waals surface area contributed by atoms with Gasteiger partial charge in [0.05, 0.1) is 22.6 Å². The van der Waals surface area contributed by atoms with Crippen LogP contribution >= 0.6 is 0 Å². The number of benzene rings is 2. The van der Waals surface area contributed by atoms with Crippen molar-refractivity contribution in [2.75, 3.05) is 0 Å². The highest BCUT2D eigenvalue weighted by Gasteiger charge is 2.12. The average Bonchev–Trinajstić information content (AvgIpc) is 2.38. The summed E-state index contributed by atoms with van der Waals surface area (Å²) in [4.78, 5) is 20.7. The van der Waals surface area contributed by atoms with Crippen LogP contribution in [0.25, 0.3) is 0 Å². The number of hydrogen-bond acceptors (Lipinski definition) is 4. The van der Waals surface area contributed by atoms with E-state index in [0.717, 1.165) is 18.2 Å². The average molecular weight is 277 g/mol. The van der Waals surface area contributed by atoms with Crippen LogP contribution in [-0.2, 0) is 0 Å². The Bertz CT molecular complexity index is 686. The minimum Gasteiger partial charge on any atom is -0.478 e. The molecule has 2 aromatic carbocycles. The number of carboxylic acid groups (broad SMARTS) is 1. The summed E-state index contributed by atoms with van der Waals surface area (Å²) in [5, 5.41) is 19.4. The molecule has 0 saturated carbocycles. The third kappa shape index (κ3) is 3.08. The molecule has 0 atom stereocenters. The minimum absolute atomic E-state index is 0.00611. The molecule has 0 saturated heterocycles. The molecular formula is C13H8FNO5. The normalized spacial score (nSPS) is 10.1. The number of carboxylic acids is 1. The van der Waals surface area contributed by atoms with Crippen molar-refractivity contribution in [1.29, 1.82) is 0 Å². The van der Waals surface area contributed by atoms with Crippen molar-refractivity contribution in [3.63, 3.8) is 0 Å². The monoisotopic (exact) mass is 277 g/mol. The van der Waals surface area contributed by atoms with Crippen LogP contribution in [0.15, 0.2) is 42.5 Å². The molecule has 0 aromatic heterocycles. The van der Waals surface area contributed by atoms with E-state index in [2.05, 4.69) is 0 Å². The highest BCUT2D eigenvalue weighted by Crippen LogP contribution is 2.27. The molecule has 0 amide bonds. The number of aromatic carboxylic acids is 1. The molecule has 102 valence electrons. The van der Waals surface area contributed by atoms with E-state index in [9.17, 15) is 19.3 Å². The van der Waals surface area contributed by atoms with Gasteiger partial charge in [0.2, 0.25) is 0 Å². The van der Waals surface area contributed by atoms with Crippen molar-refractivity contribution in [1.82, 2.24) is 0 Å². The number of ether oxygens (including phenoxy) is 1. The van der Waals surface area contributed by atoms with Crippen LogP contribution in [0.5, 0.6) is 11.5 Å². The van der Waals surface area contributed by atoms with Crippen LogP contribution in [-0.4, -0.2) is 16.0 Å². The number of rotatable bonds is 4. The molecular weight excluding hydrogens is 269 g/mol. The number of nitro groups is 1. The molecule has 0 unspecified atom stereocenters. The zero-order valence-electron chi connectivity index (χ0n) is 9.95. The summed E-state index contributed by atoms with van der Waals surface area (Å²) in [5.74, 6) is -1.90. The number of hydrogen-bond donors (Lipinski definition) is 1. The predicted molar refractivity (Wildman–Crippen MR) is 66.5 cm³/mol. The predicted octanol–water partition coefficient (Wildman–Crippen LogP) is 3.22. The molecule has 0 radical (unpaired) electrons. The summed E-state index contributed by atoms with van der Waals surface area (Å²) in [5.41, 5.74) is -0.456. The van der Waals surface area contributed by atoms with Crippen LogP contribution in [0, 0.1) is 15.9 Å². The second-order valence-electron chi connectivity index (χ2n) is 3.84. The van der Waals surface area contributed by atoms with Gasteiger partial charge in [0.1, 0.15) is 17.3 Å². The number of halogens is 1. The Hall–Kier alpha value is -2.96. The summed E-state index contributed by atoms with van der Waals surface area (Å²) in [6, 6.07) is 8.30. The molecule has 20 heavy (non-hydrogen) atoms. The first-order valence-corrected chi connectivity index (χ1v) is 5.42. The van der Waals surface area contributed by atoms with Gasteiger partial charge in [0.25, 0.3) is 5.69 Å². The summed E-state index contributed by atoms with van der Waals surface area (Å²) < 4.78 is 18.5. The number of nitro benzene ring substituents is 1. The molecule has 6 nitrogen and oxygen atoms in total. The van der Waals surface area contributed by atoms with Gasteiger partial charge in [0.15, 0.2) is 0 Å². The Balaban J connectivity index is 2.32. The maximum atomic E-state index is 13.2. The Morgan fingerprint density at radius 3 is 2.60 bits per heavy atom. The van der Waals surface area contributed by atoms with Crippen molar-refractivity contribution in [3.8, 4) is 11.5 Å². The van der Waals surface area contributed by atoms with Crippen molar-refractivity contribution in [2.24, 2.45) is 0 Å². The topological polar surface area (TPSA) is 89.7 Å². The lowest BCUT2D eigenvalue weighted by Crippen LogP contribution is -1.96. The summed E-state index contributed by atoms with van der Waals surface area (Å²) >= 11 is 0. The maximum absolute atomic E-state index is 13.2. The largest absolute Gasteiger partial charge is 0.478 e. The number of carbonyl (C=O) groups is 1. The number of non-ortho nitro benzene ring substituents is 1. The minimum atomic E-state index is -1.14. The van der Waals surface area contributed by atoms with Crippen molar-refractivity contribution >= 4 is 11.7 Å². The van der Waals surface area contributed by atoms with Crippen LogP contribution in [0.1, 0.15) is 10.4 Å². The molecule has 2 aromatic rings. The Morgan fingerprint density at radius 1 is 1.20 bits per heavy atom. The first-order chi connectivity index (χ1) is 9.45. The summed E-state index contributed by atoms with van der Waals surface area (Å²) in [6.45, 7) is 0. The quantitative estimate of drug-likeness (QED) is 0.684. The second kappa shape index (κ2) is 5.35. The fourth-order valence-electron chi connectivity index (χ4n) is 1.54. The van der Waals surface area contributed by atoms with E-state index < -0.39 is 22.4 Å². The third-order valence-electron chi connectivity index (χ3n) is 2.38. The van der Waals surface area contributed by atoms with Crippen molar-refractivity contribution in [2.45, 2.75) is 0 Å². The Labute approximate surface area is 112 Å². The van der Waals surface area contributed by atoms with Gasteiger partial charge in [-0.25, -0.2) is 9.18 Å². The van der Waals surface area contributed by atoms with Gasteiger partial charge in [-0.1, -0.05) is 6.07 Å². The molecule has 0 aliphatic rings. The van der Waals surface area contributed by atoms with Crippen LogP contribution < -0.4 is 4.74 Å². The molecule has 0 aliphatic carbocycles. The lowest BCUT2D eigenvalue weighted by atomic mass is 10.2. The van der Waals surface area contributed by atoms with E-state index in [1.54, 1.807) is 0 Å². The third-order valence-corrected chi connectivity index (χ3v) is 2.38. The second-order valence-corrected chi connectivity index (χ2v) is 3.84. The van der Waals surface area contributed by atoms with E-state index in [-0.39, 0.29) is 17.1 Å². The first-order valence-electron chi connectivity index (χ1n) is 5.42. The fraction of sp³-hybridized carbons (Fsp3) is 0. The molecule has 7 heteroatoms. The van der Waals surface area contributed by atoms with Crippen LogP contribution in [0.4, 0.5) is 10.1 Å². The van der Waals surface area contributed by atoms with Gasteiger partial charge in [-0.05, 0) is 18.2 Å². The van der Waals surface area contributed by atoms with Crippen LogP contribution in [0.2, 0.25) is 0 Å². The maximum Gasteiger partial charge on any atom is 0.335 e. The first kappa shape index (κ1) is 13.5. The van der Waals surface area contributed by atoms with Crippen molar-refractivity contribution in [3.05, 3.63) is 64.0 Å². The number of nitrogens with zero attached hydrogens (tertiary/aromatic N) is 1. The zero-order chi connectivity index (χ0) is 14.7. The van der Waals surface area contributed by atoms with E-state index in [1.165, 1.54) is 24.3 Å². The SMILES string of the molecule is O=C(O)c1cccc(Oc2cc(F)cc([N+](=O)[O-])c2)c1. The molecule has 1 N–H and O–H groups in total. The molecule has 2 rings (SSSR count). The molecule has 0 heterocycles. The standard InChI is InChI=1S/C13H8FNO5/c14-9-5-10(15(18)19)7-12(6-9)20-11-3-1-2-8(4-11)13(16)17/h1-7H,(H,16,17). The molecule has 0 bridgehead atoms. The van der Waals surface area contributed by atoms with Gasteiger partial charge < -0.3 is 9.84 Å². The zero-order valence-corrected chi connectivity index (χ0v) is 9.95. The lowest BCUT2D eigenvalue weighted by Gasteiger charge is -2.06. The van der Waals surface area contributed by atoms with E-state index in [1.807, 2.05) is 0 Å². The molecule has 0 aliphatic heterocycles. The Kier molecular flexibility index (Phi) is 3.60.